The lowest BCUT2D eigenvalue weighted by atomic mass is 9.45. The molecular weight excluding hydrogens is 475 g/mol. The minimum atomic E-state index is -2.62. The van der Waals surface area contributed by atoms with Gasteiger partial charge in [0, 0.05) is 30.8 Å². The molecule has 4 aliphatic carbocycles. The molecule has 0 aromatic heterocycles. The lowest BCUT2D eigenvalue weighted by Crippen LogP contribution is -2.62. The number of ketones is 2. The number of allylic oxidation sites excluding steroid dienone is 4. The van der Waals surface area contributed by atoms with E-state index in [-0.39, 0.29) is 29.5 Å². The van der Waals surface area contributed by atoms with Gasteiger partial charge in [0.2, 0.25) is 5.78 Å². The zero-order chi connectivity index (χ0) is 26.3. The van der Waals surface area contributed by atoms with E-state index in [0.29, 0.717) is 19.3 Å². The quantitative estimate of drug-likeness (QED) is 0.381. The highest BCUT2D eigenvalue weighted by Gasteiger charge is 2.68. The fraction of sp³-hybridized carbons (Fsp3) is 0.720. The lowest BCUT2D eigenvalue weighted by Gasteiger charge is -2.60. The van der Waals surface area contributed by atoms with Gasteiger partial charge in [0.15, 0.2) is 12.4 Å². The molecule has 3 fully saturated rings. The van der Waals surface area contributed by atoms with Gasteiger partial charge in [-0.2, -0.15) is 0 Å². The van der Waals surface area contributed by atoms with Crippen LogP contribution in [-0.4, -0.2) is 58.1 Å². The number of ether oxygens (including phenoxy) is 1. The van der Waals surface area contributed by atoms with Crippen molar-refractivity contribution in [1.82, 2.24) is 0 Å². The number of carbonyl (C=O) groups excluding carboxylic acids is 3. The van der Waals surface area contributed by atoms with Crippen molar-refractivity contribution in [2.45, 2.75) is 65.1 Å². The first kappa shape index (κ1) is 27.9. The Bertz CT molecular complexity index is 974. The minimum Gasteiger partial charge on any atom is -0.458 e. The van der Waals surface area contributed by atoms with Gasteiger partial charge in [-0.15, -0.1) is 0 Å². The van der Waals surface area contributed by atoms with E-state index in [9.17, 15) is 29.2 Å². The van der Waals surface area contributed by atoms with Crippen LogP contribution in [0.2, 0.25) is 0 Å². The van der Waals surface area contributed by atoms with Gasteiger partial charge in [-0.25, -0.2) is 0 Å². The number of fused-ring (bicyclic) bond motifs is 5. The van der Waals surface area contributed by atoms with Gasteiger partial charge in [-0.3, -0.25) is 18.9 Å². The summed E-state index contributed by atoms with van der Waals surface area (Å²) in [6, 6.07) is 0. The second kappa shape index (κ2) is 10.0. The minimum absolute atomic E-state index is 0.00535. The summed E-state index contributed by atoms with van der Waals surface area (Å²) in [5, 5.41) is 22.9. The molecule has 0 aromatic rings. The summed E-state index contributed by atoms with van der Waals surface area (Å²) in [6.07, 6.45) is 6.71. The van der Waals surface area contributed by atoms with Crippen LogP contribution in [0.25, 0.3) is 0 Å². The van der Waals surface area contributed by atoms with Crippen molar-refractivity contribution in [2.24, 2.45) is 34.5 Å². The van der Waals surface area contributed by atoms with E-state index in [0.717, 1.165) is 12.0 Å². The molecule has 3 saturated carbocycles. The summed E-state index contributed by atoms with van der Waals surface area (Å²) in [7, 11) is -1.44. The van der Waals surface area contributed by atoms with E-state index in [4.69, 9.17) is 9.63 Å². The topological polar surface area (TPSA) is 147 Å². The van der Waals surface area contributed by atoms with Gasteiger partial charge in [0.05, 0.1) is 6.10 Å². The molecule has 0 amide bonds. The molecule has 0 saturated heterocycles. The standard InChI is InChI=1S/C24H32O6.CH5O3P/c1-13-9-16-17-6-8-24(29,20(28)12-30-14(2)25)23(17,4)11-19(27)21(16)22(3)7-5-15(26)10-18(13)22;1-4-5(2)3/h5,7,10,13,16-17,19,21,27,29H,6,8-9,11-12H2,1-4H3;5H,1H3,(H,2,3)/t13-,16-,17-,19-,21+,22-,23-,24-;/m0./s1. The summed E-state index contributed by atoms with van der Waals surface area (Å²) in [5.74, 6) is -0.712. The maximum Gasteiger partial charge on any atom is 0.316 e. The van der Waals surface area contributed by atoms with E-state index in [1.54, 1.807) is 12.2 Å². The first-order valence-electron chi connectivity index (χ1n) is 12.0. The summed E-state index contributed by atoms with van der Waals surface area (Å²) in [4.78, 5) is 43.8. The van der Waals surface area contributed by atoms with Gasteiger partial charge in [-0.05, 0) is 55.6 Å². The molecule has 10 heteroatoms. The van der Waals surface area contributed by atoms with Crippen LogP contribution in [0.15, 0.2) is 23.8 Å². The molecule has 4 aliphatic rings. The Kier molecular flexibility index (Phi) is 8.00. The molecule has 0 bridgehead atoms. The Morgan fingerprint density at radius 3 is 2.49 bits per heavy atom. The van der Waals surface area contributed by atoms with Gasteiger partial charge in [-0.1, -0.05) is 32.4 Å². The van der Waals surface area contributed by atoms with Crippen molar-refractivity contribution in [3.63, 3.8) is 0 Å². The first-order chi connectivity index (χ1) is 16.2. The van der Waals surface area contributed by atoms with Crippen molar-refractivity contribution in [3.8, 4) is 0 Å². The normalized spacial score (nSPS) is 42.5. The van der Waals surface area contributed by atoms with Crippen LogP contribution in [0, 0.1) is 34.5 Å². The number of carbonyl (C=O) groups is 3. The van der Waals surface area contributed by atoms with Gasteiger partial charge in [0.1, 0.15) is 5.60 Å². The third-order valence-electron chi connectivity index (χ3n) is 9.01. The number of hydrogen-bond donors (Lipinski definition) is 3. The number of hydrogen-bond acceptors (Lipinski definition) is 8. The molecule has 4 rings (SSSR count). The fourth-order valence-corrected chi connectivity index (χ4v) is 7.50. The third kappa shape index (κ3) is 4.74. The Morgan fingerprint density at radius 1 is 1.29 bits per heavy atom. The molecule has 35 heavy (non-hydrogen) atoms. The van der Waals surface area contributed by atoms with E-state index in [2.05, 4.69) is 18.4 Å². The summed E-state index contributed by atoms with van der Waals surface area (Å²) in [6.45, 7) is 6.94. The molecule has 9 nitrogen and oxygen atoms in total. The van der Waals surface area contributed by atoms with E-state index < -0.39 is 49.1 Å². The van der Waals surface area contributed by atoms with Crippen LogP contribution in [0.5, 0.6) is 0 Å². The van der Waals surface area contributed by atoms with Crippen molar-refractivity contribution < 1.29 is 43.3 Å². The molecule has 1 unspecified atom stereocenters. The molecule has 0 aliphatic heterocycles. The number of rotatable bonds is 4. The van der Waals surface area contributed by atoms with Crippen molar-refractivity contribution >= 4 is 25.8 Å². The Hall–Kier alpha value is -1.64. The maximum atomic E-state index is 12.9. The summed E-state index contributed by atoms with van der Waals surface area (Å²) in [5.41, 5.74) is -1.72. The van der Waals surface area contributed by atoms with E-state index >= 15 is 0 Å². The van der Waals surface area contributed by atoms with Gasteiger partial charge >= 0.3 is 14.2 Å². The second-order valence-corrected chi connectivity index (χ2v) is 11.8. The number of aliphatic hydroxyl groups excluding tert-OH is 1. The Labute approximate surface area is 206 Å². The zero-order valence-electron chi connectivity index (χ0n) is 20.9. The van der Waals surface area contributed by atoms with Crippen LogP contribution >= 0.6 is 8.25 Å². The lowest BCUT2D eigenvalue weighted by molar-refractivity contribution is -0.182. The number of esters is 1. The molecule has 0 aromatic carbocycles. The zero-order valence-corrected chi connectivity index (χ0v) is 21.9. The van der Waals surface area contributed by atoms with Crippen molar-refractivity contribution in [3.05, 3.63) is 23.8 Å². The molecule has 3 N–H and O–H groups in total. The average molecular weight is 513 g/mol. The average Bonchev–Trinajstić information content (AvgIpc) is 3.04. The van der Waals surface area contributed by atoms with Crippen LogP contribution < -0.4 is 0 Å². The predicted molar refractivity (Wildman–Crippen MR) is 127 cm³/mol. The van der Waals surface area contributed by atoms with Crippen LogP contribution in [0.1, 0.15) is 53.4 Å². The second-order valence-electron chi connectivity index (χ2n) is 10.8. The number of Topliss-reactive ketones (excluding diaryl/α,β-unsaturated/α-hetero) is 1. The molecule has 0 heterocycles. The maximum absolute atomic E-state index is 12.9. The summed E-state index contributed by atoms with van der Waals surface area (Å²) >= 11 is 0. The third-order valence-corrected chi connectivity index (χ3v) is 9.36. The predicted octanol–water partition coefficient (Wildman–Crippen LogP) is 2.39. The summed E-state index contributed by atoms with van der Waals surface area (Å²) < 4.78 is 18.1. The van der Waals surface area contributed by atoms with Crippen molar-refractivity contribution in [1.29, 1.82) is 0 Å². The van der Waals surface area contributed by atoms with Crippen molar-refractivity contribution in [2.75, 3.05) is 13.7 Å². The smallest absolute Gasteiger partial charge is 0.316 e. The highest BCUT2D eigenvalue weighted by Crippen LogP contribution is 2.67. The van der Waals surface area contributed by atoms with E-state index in [1.165, 1.54) is 14.0 Å². The SMILES string of the molecule is CC(=O)OCC(=O)[C@@]1(O)CC[C@H]2[C@@H]3C[C@H](C)C4=CC(=O)C=C[C@]4(C)[C@H]3[C@@H](O)C[C@@]21C.CO[PH](=O)O. The molecule has 196 valence electrons. The monoisotopic (exact) mass is 512 g/mol. The molecular formula is C25H37O9P. The highest BCUT2D eigenvalue weighted by atomic mass is 31.1. The Morgan fingerprint density at radius 2 is 1.91 bits per heavy atom. The Balaban J connectivity index is 0.000000623. The highest BCUT2D eigenvalue weighted by molar-refractivity contribution is 7.32. The largest absolute Gasteiger partial charge is 0.458 e. The van der Waals surface area contributed by atoms with Gasteiger partial charge < -0.3 is 24.4 Å². The van der Waals surface area contributed by atoms with E-state index in [1.807, 2.05) is 13.0 Å². The fourth-order valence-electron chi connectivity index (χ4n) is 7.50. The van der Waals surface area contributed by atoms with Crippen LogP contribution in [0.4, 0.5) is 0 Å². The van der Waals surface area contributed by atoms with Crippen LogP contribution in [-0.2, 0) is 28.2 Å². The molecule has 0 spiro atoms. The molecule has 0 radical (unpaired) electrons. The first-order valence-corrected chi connectivity index (χ1v) is 13.3. The molecule has 9 atom stereocenters. The van der Waals surface area contributed by atoms with Gasteiger partial charge in [0.25, 0.3) is 0 Å². The van der Waals surface area contributed by atoms with Crippen LogP contribution in [0.3, 0.4) is 0 Å². The number of aliphatic hydroxyl groups is 2.